The van der Waals surface area contributed by atoms with Gasteiger partial charge in [-0.05, 0) is 135 Å². The number of aliphatic hydroxyl groups excluding tert-OH is 1. The van der Waals surface area contributed by atoms with Gasteiger partial charge in [-0.2, -0.15) is 0 Å². The summed E-state index contributed by atoms with van der Waals surface area (Å²) < 4.78 is 11.5. The van der Waals surface area contributed by atoms with Gasteiger partial charge in [-0.3, -0.25) is 14.4 Å². The molecule has 5 aliphatic rings. The fourth-order valence-electron chi connectivity index (χ4n) is 13.0. The summed E-state index contributed by atoms with van der Waals surface area (Å²) >= 11 is 0. The number of carboxylic acids is 1. The molecule has 1 aromatic carbocycles. The van der Waals surface area contributed by atoms with E-state index in [1.54, 1.807) is 21.0 Å². The smallest absolute Gasteiger partial charge is 0.309 e. The van der Waals surface area contributed by atoms with Crippen LogP contribution in [0.4, 0.5) is 5.69 Å². The lowest BCUT2D eigenvalue weighted by Gasteiger charge is -2.72. The number of allylic oxidation sites excluding steroid dienone is 1. The number of carbonyl (C=O) groups is 3. The maximum Gasteiger partial charge on any atom is 0.309 e. The molecule has 52 heavy (non-hydrogen) atoms. The Morgan fingerprint density at radius 3 is 2.21 bits per heavy atom. The Labute approximate surface area is 311 Å². The summed E-state index contributed by atoms with van der Waals surface area (Å²) in [5.41, 5.74) is 1.30. The van der Waals surface area contributed by atoms with Crippen molar-refractivity contribution in [2.75, 3.05) is 19.0 Å². The molecule has 4 saturated carbocycles. The van der Waals surface area contributed by atoms with E-state index >= 15 is 0 Å². The van der Waals surface area contributed by atoms with E-state index in [1.807, 2.05) is 24.3 Å². The van der Waals surface area contributed by atoms with E-state index in [2.05, 4.69) is 53.8 Å². The third kappa shape index (κ3) is 5.83. The number of ether oxygens (including phenoxy) is 2. The van der Waals surface area contributed by atoms with Crippen molar-refractivity contribution in [3.63, 3.8) is 0 Å². The number of carbonyl (C=O) groups excluding carboxylic acids is 2. The quantitative estimate of drug-likeness (QED) is 0.205. The van der Waals surface area contributed by atoms with Gasteiger partial charge in [-0.15, -0.1) is 0 Å². The molecule has 5 aliphatic carbocycles. The van der Waals surface area contributed by atoms with Gasteiger partial charge in [0.25, 0.3) is 0 Å². The lowest BCUT2D eigenvalue weighted by molar-refractivity contribution is -0.235. The van der Waals surface area contributed by atoms with Gasteiger partial charge in [0.15, 0.2) is 5.78 Å². The number of methoxy groups -OCH3 is 1. The minimum absolute atomic E-state index is 0.0213. The molecule has 1 aromatic rings. The molecule has 288 valence electrons. The van der Waals surface area contributed by atoms with Gasteiger partial charge in [-0.1, -0.05) is 54.0 Å². The molecule has 0 bridgehead atoms. The van der Waals surface area contributed by atoms with Crippen molar-refractivity contribution in [3.8, 4) is 5.75 Å². The van der Waals surface area contributed by atoms with Gasteiger partial charge < -0.3 is 25.0 Å². The number of anilines is 1. The number of benzene rings is 1. The third-order valence-electron chi connectivity index (χ3n) is 16.1. The van der Waals surface area contributed by atoms with Crippen molar-refractivity contribution >= 4 is 23.4 Å². The zero-order valence-corrected chi connectivity index (χ0v) is 33.5. The topological polar surface area (TPSA) is 122 Å². The number of hydrogen-bond donors (Lipinski definition) is 3. The van der Waals surface area contributed by atoms with Gasteiger partial charge in [0.05, 0.1) is 25.0 Å². The highest BCUT2D eigenvalue weighted by molar-refractivity contribution is 6.00. The van der Waals surface area contributed by atoms with Crippen molar-refractivity contribution in [3.05, 3.63) is 35.4 Å². The van der Waals surface area contributed by atoms with E-state index in [4.69, 9.17) is 9.47 Å². The Balaban J connectivity index is 1.27. The van der Waals surface area contributed by atoms with Crippen molar-refractivity contribution in [1.82, 2.24) is 0 Å². The fourth-order valence-corrected chi connectivity index (χ4v) is 13.0. The molecule has 8 heteroatoms. The second-order valence-electron chi connectivity index (χ2n) is 19.7. The van der Waals surface area contributed by atoms with Crippen LogP contribution in [-0.4, -0.2) is 53.8 Å². The van der Waals surface area contributed by atoms with E-state index < -0.39 is 28.9 Å². The van der Waals surface area contributed by atoms with Crippen LogP contribution in [0.2, 0.25) is 0 Å². The Kier molecular flexibility index (Phi) is 9.83. The summed E-state index contributed by atoms with van der Waals surface area (Å²) in [4.78, 5) is 38.9. The molecule has 1 unspecified atom stereocenters. The van der Waals surface area contributed by atoms with Crippen LogP contribution in [0.15, 0.2) is 35.4 Å². The molecule has 0 aliphatic heterocycles. The Bertz CT molecular complexity index is 1610. The highest BCUT2D eigenvalue weighted by Gasteiger charge is 2.70. The SMILES string of the molecule is COc1ccc(NC[C@@H](O)[C@@]23CC[C@]4(C)C(CC[C@@H]5[C@@]6(C)CC[C@H](OC(=O)CC(C)(C)C(=O)O)C(C)(C)[C@@H]6CC[C@]54C)C2=C(C(C)C)C(=O)C3)cc1. The molecule has 0 saturated heterocycles. The van der Waals surface area contributed by atoms with Crippen molar-refractivity contribution in [1.29, 1.82) is 0 Å². The molecule has 0 heterocycles. The number of hydrogen-bond acceptors (Lipinski definition) is 7. The fraction of sp³-hybridized carbons (Fsp3) is 0.750. The van der Waals surface area contributed by atoms with Crippen molar-refractivity contribution in [2.45, 2.75) is 139 Å². The van der Waals surface area contributed by atoms with Gasteiger partial charge >= 0.3 is 11.9 Å². The minimum Gasteiger partial charge on any atom is -0.497 e. The molecule has 9 atom stereocenters. The highest BCUT2D eigenvalue weighted by atomic mass is 16.5. The largest absolute Gasteiger partial charge is 0.497 e. The van der Waals surface area contributed by atoms with Gasteiger partial charge in [-0.25, -0.2) is 0 Å². The van der Waals surface area contributed by atoms with E-state index in [-0.39, 0.29) is 51.8 Å². The van der Waals surface area contributed by atoms with Crippen molar-refractivity contribution < 1.29 is 34.1 Å². The zero-order chi connectivity index (χ0) is 38.2. The highest BCUT2D eigenvalue weighted by Crippen LogP contribution is 2.77. The Morgan fingerprint density at radius 1 is 0.923 bits per heavy atom. The van der Waals surface area contributed by atoms with Crippen LogP contribution in [0.1, 0.15) is 127 Å². The Morgan fingerprint density at radius 2 is 1.60 bits per heavy atom. The number of carboxylic acid groups (broad SMARTS) is 1. The Hall–Kier alpha value is -2.87. The number of Topliss-reactive ketones (excluding diaryl/α,β-unsaturated/α-hetero) is 1. The first-order valence-corrected chi connectivity index (χ1v) is 19.9. The molecule has 0 aromatic heterocycles. The number of fused-ring (bicyclic) bond motifs is 7. The second-order valence-corrected chi connectivity index (χ2v) is 19.7. The molecule has 4 fully saturated rings. The maximum atomic E-state index is 14.0. The van der Waals surface area contributed by atoms with E-state index in [9.17, 15) is 24.6 Å². The molecular weight excluding hydrogens is 654 g/mol. The van der Waals surface area contributed by atoms with E-state index in [0.717, 1.165) is 68.4 Å². The van der Waals surface area contributed by atoms with Gasteiger partial charge in [0, 0.05) is 29.5 Å². The molecule has 8 nitrogen and oxygen atoms in total. The van der Waals surface area contributed by atoms with Gasteiger partial charge in [0.1, 0.15) is 11.9 Å². The third-order valence-corrected chi connectivity index (χ3v) is 16.1. The number of rotatable bonds is 10. The monoisotopic (exact) mass is 719 g/mol. The first kappa shape index (κ1) is 38.8. The van der Waals surface area contributed by atoms with Crippen LogP contribution in [0.25, 0.3) is 0 Å². The van der Waals surface area contributed by atoms with Gasteiger partial charge in [0.2, 0.25) is 0 Å². The molecular formula is C44H65NO7. The standard InChI is InChI=1S/C44H65NO7/c1-26(2)36-30(46)23-44(33(47)25-45-27-11-13-28(51-10)14-12-27)22-21-42(8)29(37(36)44)15-16-32-41(7)19-18-34(52-35(48)24-39(3,4)38(49)50)40(5,6)31(41)17-20-43(32,42)9/h11-14,26,29,31-34,45,47H,15-25H2,1-10H3,(H,49,50)/t29?,31-,32+,33+,34-,41-,42+,43+,44-/m0/s1. The van der Waals surface area contributed by atoms with E-state index in [1.165, 1.54) is 5.57 Å². The van der Waals surface area contributed by atoms with Crippen LogP contribution >= 0.6 is 0 Å². The lowest BCUT2D eigenvalue weighted by Crippen LogP contribution is -2.66. The number of aliphatic carboxylic acids is 1. The summed E-state index contributed by atoms with van der Waals surface area (Å²) in [6.45, 7) is 20.0. The van der Waals surface area contributed by atoms with Crippen LogP contribution in [0, 0.1) is 56.2 Å². The second kappa shape index (κ2) is 13.2. The van der Waals surface area contributed by atoms with E-state index in [0.29, 0.717) is 24.8 Å². The first-order chi connectivity index (χ1) is 24.2. The van der Waals surface area contributed by atoms with Crippen LogP contribution < -0.4 is 10.1 Å². The van der Waals surface area contributed by atoms with Crippen LogP contribution in [0.3, 0.4) is 0 Å². The number of nitrogens with one attached hydrogen (secondary N) is 1. The van der Waals surface area contributed by atoms with Crippen LogP contribution in [-0.2, 0) is 19.1 Å². The minimum atomic E-state index is -1.17. The average molecular weight is 720 g/mol. The summed E-state index contributed by atoms with van der Waals surface area (Å²) in [5.74, 6) is 0.789. The summed E-state index contributed by atoms with van der Waals surface area (Å²) in [6, 6.07) is 7.76. The molecule has 3 N–H and O–H groups in total. The number of ketones is 1. The van der Waals surface area contributed by atoms with Crippen molar-refractivity contribution in [2.24, 2.45) is 56.2 Å². The zero-order valence-electron chi connectivity index (χ0n) is 33.5. The molecule has 0 radical (unpaired) electrons. The first-order valence-electron chi connectivity index (χ1n) is 19.9. The predicted molar refractivity (Wildman–Crippen MR) is 203 cm³/mol. The predicted octanol–water partition coefficient (Wildman–Crippen LogP) is 8.86. The number of aliphatic hydroxyl groups is 1. The van der Waals surface area contributed by atoms with Crippen LogP contribution in [0.5, 0.6) is 5.75 Å². The molecule has 6 rings (SSSR count). The summed E-state index contributed by atoms with van der Waals surface area (Å²) in [7, 11) is 1.65. The average Bonchev–Trinajstić information content (AvgIpc) is 3.38. The maximum absolute atomic E-state index is 14.0. The summed E-state index contributed by atoms with van der Waals surface area (Å²) in [6.07, 6.45) is 7.08. The molecule has 0 amide bonds. The molecule has 0 spiro atoms. The summed E-state index contributed by atoms with van der Waals surface area (Å²) in [5, 5.41) is 25.3. The lowest BCUT2D eigenvalue weighted by atomic mass is 9.33. The normalized spacial score (nSPS) is 37.3. The number of esters is 1.